The highest BCUT2D eigenvalue weighted by Gasteiger charge is 2.20. The molecule has 0 amide bonds. The van der Waals surface area contributed by atoms with E-state index in [4.69, 9.17) is 0 Å². The van der Waals surface area contributed by atoms with Crippen LogP contribution in [-0.4, -0.2) is 47.4 Å². The summed E-state index contributed by atoms with van der Waals surface area (Å²) in [5, 5.41) is 9.53. The molecule has 0 aromatic carbocycles. The van der Waals surface area contributed by atoms with Gasteiger partial charge in [-0.3, -0.25) is 0 Å². The van der Waals surface area contributed by atoms with Crippen molar-refractivity contribution >= 4 is 11.6 Å². The van der Waals surface area contributed by atoms with Gasteiger partial charge in [0.15, 0.2) is 0 Å². The maximum Gasteiger partial charge on any atom is 0.134 e. The third-order valence-electron chi connectivity index (χ3n) is 3.86. The number of piperidine rings is 1. The Balaban J connectivity index is 1.74. The number of aromatic nitrogens is 2. The number of hydrogen-bond donors (Lipinski definition) is 1. The van der Waals surface area contributed by atoms with Gasteiger partial charge >= 0.3 is 0 Å². The molecule has 3 heterocycles. The first-order chi connectivity index (χ1) is 8.83. The van der Waals surface area contributed by atoms with Gasteiger partial charge in [-0.25, -0.2) is 9.97 Å². The van der Waals surface area contributed by atoms with Crippen molar-refractivity contribution in [2.24, 2.45) is 0 Å². The summed E-state index contributed by atoms with van der Waals surface area (Å²) in [6.45, 7) is 3.99. The van der Waals surface area contributed by atoms with Crippen molar-refractivity contribution in [3.8, 4) is 0 Å². The van der Waals surface area contributed by atoms with Gasteiger partial charge in [-0.2, -0.15) is 0 Å². The molecule has 0 unspecified atom stereocenters. The van der Waals surface area contributed by atoms with E-state index in [0.717, 1.165) is 50.7 Å². The van der Waals surface area contributed by atoms with E-state index < -0.39 is 0 Å². The Hall–Kier alpha value is -1.36. The second-order valence-electron chi connectivity index (χ2n) is 5.15. The minimum atomic E-state index is -0.138. The molecule has 0 atom stereocenters. The molecule has 0 spiro atoms. The molecule has 0 bridgehead atoms. The number of anilines is 2. The molecule has 2 fully saturated rings. The van der Waals surface area contributed by atoms with Crippen LogP contribution in [-0.2, 0) is 0 Å². The average molecular weight is 248 g/mol. The number of nitrogens with zero attached hydrogens (tertiary/aromatic N) is 4. The summed E-state index contributed by atoms with van der Waals surface area (Å²) in [6, 6.07) is 2.09. The Bertz CT molecular complexity index is 398. The Morgan fingerprint density at radius 2 is 1.50 bits per heavy atom. The second-order valence-corrected chi connectivity index (χ2v) is 5.15. The van der Waals surface area contributed by atoms with Gasteiger partial charge in [-0.05, 0) is 25.7 Å². The molecule has 1 aromatic rings. The Kier molecular flexibility index (Phi) is 3.32. The van der Waals surface area contributed by atoms with Crippen molar-refractivity contribution < 1.29 is 5.11 Å². The van der Waals surface area contributed by atoms with Crippen LogP contribution in [0.15, 0.2) is 12.4 Å². The maximum absolute atomic E-state index is 9.53. The molecule has 0 aliphatic carbocycles. The maximum atomic E-state index is 9.53. The molecule has 2 saturated heterocycles. The van der Waals surface area contributed by atoms with Crippen molar-refractivity contribution in [3.05, 3.63) is 12.4 Å². The average Bonchev–Trinajstić information content (AvgIpc) is 2.94. The fourth-order valence-electron chi connectivity index (χ4n) is 2.72. The fourth-order valence-corrected chi connectivity index (χ4v) is 2.72. The van der Waals surface area contributed by atoms with Crippen molar-refractivity contribution in [2.75, 3.05) is 36.0 Å². The highest BCUT2D eigenvalue weighted by Crippen LogP contribution is 2.23. The van der Waals surface area contributed by atoms with Gasteiger partial charge in [0.25, 0.3) is 0 Å². The minimum Gasteiger partial charge on any atom is -0.393 e. The summed E-state index contributed by atoms with van der Waals surface area (Å²) in [5.74, 6) is 2.04. The first kappa shape index (κ1) is 11.7. The molecular weight excluding hydrogens is 228 g/mol. The number of hydrogen-bond acceptors (Lipinski definition) is 5. The van der Waals surface area contributed by atoms with Crippen LogP contribution in [0.3, 0.4) is 0 Å². The van der Waals surface area contributed by atoms with Crippen molar-refractivity contribution in [1.82, 2.24) is 9.97 Å². The monoisotopic (exact) mass is 248 g/mol. The predicted octanol–water partition coefficient (Wildman–Crippen LogP) is 1.04. The molecule has 5 heteroatoms. The largest absolute Gasteiger partial charge is 0.393 e. The van der Waals surface area contributed by atoms with Crippen LogP contribution in [0.2, 0.25) is 0 Å². The third-order valence-corrected chi connectivity index (χ3v) is 3.86. The minimum absolute atomic E-state index is 0.138. The molecule has 2 aliphatic heterocycles. The predicted molar refractivity (Wildman–Crippen MR) is 70.9 cm³/mol. The lowest BCUT2D eigenvalue weighted by molar-refractivity contribution is 0.145. The van der Waals surface area contributed by atoms with Crippen molar-refractivity contribution in [3.63, 3.8) is 0 Å². The zero-order valence-corrected chi connectivity index (χ0v) is 10.6. The standard InChI is InChI=1S/C13H20N4O/c18-11-3-7-17(8-4-11)13-9-12(14-10-15-13)16-5-1-2-6-16/h9-11,18H,1-8H2. The number of aliphatic hydroxyl groups is 1. The summed E-state index contributed by atoms with van der Waals surface area (Å²) in [5.41, 5.74) is 0. The van der Waals surface area contributed by atoms with E-state index in [0.29, 0.717) is 0 Å². The zero-order chi connectivity index (χ0) is 12.4. The molecule has 1 N–H and O–H groups in total. The molecule has 1 aromatic heterocycles. The fraction of sp³-hybridized carbons (Fsp3) is 0.692. The zero-order valence-electron chi connectivity index (χ0n) is 10.6. The van der Waals surface area contributed by atoms with Gasteiger partial charge in [0.2, 0.25) is 0 Å². The smallest absolute Gasteiger partial charge is 0.134 e. The van der Waals surface area contributed by atoms with Gasteiger partial charge in [-0.1, -0.05) is 0 Å². The van der Waals surface area contributed by atoms with Gasteiger partial charge in [-0.15, -0.1) is 0 Å². The summed E-state index contributed by atoms with van der Waals surface area (Å²) in [4.78, 5) is 13.3. The van der Waals surface area contributed by atoms with Crippen LogP contribution in [0.1, 0.15) is 25.7 Å². The SMILES string of the molecule is OC1CCN(c2cc(N3CCCC3)ncn2)CC1. The lowest BCUT2D eigenvalue weighted by Crippen LogP contribution is -2.36. The van der Waals surface area contributed by atoms with E-state index in [-0.39, 0.29) is 6.10 Å². The van der Waals surface area contributed by atoms with E-state index in [1.165, 1.54) is 12.8 Å². The molecule has 3 rings (SSSR count). The second kappa shape index (κ2) is 5.10. The highest BCUT2D eigenvalue weighted by molar-refractivity contribution is 5.50. The van der Waals surface area contributed by atoms with Gasteiger partial charge in [0.05, 0.1) is 6.10 Å². The van der Waals surface area contributed by atoms with Crippen LogP contribution in [0.25, 0.3) is 0 Å². The van der Waals surface area contributed by atoms with Crippen LogP contribution in [0.5, 0.6) is 0 Å². The van der Waals surface area contributed by atoms with Gasteiger partial charge < -0.3 is 14.9 Å². The van der Waals surface area contributed by atoms with E-state index in [9.17, 15) is 5.11 Å². The molecule has 5 nitrogen and oxygen atoms in total. The van der Waals surface area contributed by atoms with Crippen LogP contribution in [0.4, 0.5) is 11.6 Å². The summed E-state index contributed by atoms with van der Waals surface area (Å²) in [6.07, 6.45) is 5.71. The molecular formula is C13H20N4O. The molecule has 2 aliphatic rings. The highest BCUT2D eigenvalue weighted by atomic mass is 16.3. The molecule has 98 valence electrons. The van der Waals surface area contributed by atoms with Crippen LogP contribution < -0.4 is 9.80 Å². The third kappa shape index (κ3) is 2.41. The topological polar surface area (TPSA) is 52.5 Å². The lowest BCUT2D eigenvalue weighted by atomic mass is 10.1. The summed E-state index contributed by atoms with van der Waals surface area (Å²) in [7, 11) is 0. The number of rotatable bonds is 2. The first-order valence-electron chi connectivity index (χ1n) is 6.83. The van der Waals surface area contributed by atoms with Gasteiger partial charge in [0.1, 0.15) is 18.0 Å². The van der Waals surface area contributed by atoms with E-state index in [1.807, 2.05) is 0 Å². The number of aliphatic hydroxyl groups excluding tert-OH is 1. The van der Waals surface area contributed by atoms with Crippen molar-refractivity contribution in [1.29, 1.82) is 0 Å². The first-order valence-corrected chi connectivity index (χ1v) is 6.83. The lowest BCUT2D eigenvalue weighted by Gasteiger charge is -2.30. The summed E-state index contributed by atoms with van der Waals surface area (Å²) < 4.78 is 0. The quantitative estimate of drug-likeness (QED) is 0.847. The summed E-state index contributed by atoms with van der Waals surface area (Å²) >= 11 is 0. The van der Waals surface area contributed by atoms with E-state index >= 15 is 0 Å². The van der Waals surface area contributed by atoms with Gasteiger partial charge in [0, 0.05) is 32.2 Å². The van der Waals surface area contributed by atoms with Crippen LogP contribution in [0, 0.1) is 0 Å². The Morgan fingerprint density at radius 3 is 2.11 bits per heavy atom. The Morgan fingerprint density at radius 1 is 0.944 bits per heavy atom. The molecule has 18 heavy (non-hydrogen) atoms. The van der Waals surface area contributed by atoms with E-state index in [1.54, 1.807) is 6.33 Å². The van der Waals surface area contributed by atoms with E-state index in [2.05, 4.69) is 25.8 Å². The van der Waals surface area contributed by atoms with Crippen molar-refractivity contribution in [2.45, 2.75) is 31.8 Å². The molecule has 0 saturated carbocycles. The normalized spacial score (nSPS) is 21.6. The van der Waals surface area contributed by atoms with Crippen LogP contribution >= 0.6 is 0 Å². The molecule has 0 radical (unpaired) electrons. The Labute approximate surface area is 107 Å².